The lowest BCUT2D eigenvalue weighted by molar-refractivity contribution is -0.120. The van der Waals surface area contributed by atoms with Crippen molar-refractivity contribution in [2.75, 3.05) is 6.54 Å². The van der Waals surface area contributed by atoms with Gasteiger partial charge in [0.1, 0.15) is 0 Å². The monoisotopic (exact) mass is 378 g/mol. The molecule has 2 amide bonds. The van der Waals surface area contributed by atoms with Crippen molar-refractivity contribution in [3.8, 4) is 0 Å². The third kappa shape index (κ3) is 4.96. The molecule has 0 spiro atoms. The lowest BCUT2D eigenvalue weighted by Crippen LogP contribution is -2.38. The van der Waals surface area contributed by atoms with Crippen LogP contribution < -0.4 is 10.6 Å². The Morgan fingerprint density at radius 3 is 2.43 bits per heavy atom. The van der Waals surface area contributed by atoms with Gasteiger partial charge in [0, 0.05) is 0 Å². The maximum absolute atomic E-state index is 12.0. The highest BCUT2D eigenvalue weighted by atomic mass is 79.9. The number of carbonyl (C=O) groups is 2. The van der Waals surface area contributed by atoms with Gasteiger partial charge < -0.3 is 15.1 Å². The average molecular weight is 379 g/mol. The Balaban J connectivity index is 1.87. The van der Waals surface area contributed by atoms with Gasteiger partial charge in [-0.1, -0.05) is 36.8 Å². The van der Waals surface area contributed by atoms with E-state index in [1.807, 2.05) is 38.1 Å². The average Bonchev–Trinajstić information content (AvgIpc) is 2.98. The molecule has 2 rings (SSSR count). The second-order valence-electron chi connectivity index (χ2n) is 5.23. The number of benzene rings is 1. The Morgan fingerprint density at radius 2 is 1.87 bits per heavy atom. The first-order valence-corrected chi connectivity index (χ1v) is 8.18. The van der Waals surface area contributed by atoms with Gasteiger partial charge in [0.25, 0.3) is 5.91 Å². The first-order valence-electron chi connectivity index (χ1n) is 7.39. The standard InChI is InChI=1S/C17H19BrN2O3/c1-3-13(12-6-4-11(2)5-7-12)20-16(21)10-19-17(22)14-8-9-15(18)23-14/h4-9,13H,3,10H2,1-2H3,(H,19,22)(H,20,21). The molecule has 0 aliphatic carbocycles. The normalized spacial score (nSPS) is 11.8. The van der Waals surface area contributed by atoms with Gasteiger partial charge in [-0.15, -0.1) is 0 Å². The molecule has 1 aromatic carbocycles. The summed E-state index contributed by atoms with van der Waals surface area (Å²) < 4.78 is 5.60. The van der Waals surface area contributed by atoms with E-state index in [2.05, 4.69) is 26.6 Å². The summed E-state index contributed by atoms with van der Waals surface area (Å²) in [5.74, 6) is -0.499. The summed E-state index contributed by atoms with van der Waals surface area (Å²) in [4.78, 5) is 23.8. The van der Waals surface area contributed by atoms with Crippen LogP contribution in [0.1, 0.15) is 41.1 Å². The third-order valence-electron chi connectivity index (χ3n) is 3.43. The number of hydrogen-bond acceptors (Lipinski definition) is 3. The molecule has 0 saturated heterocycles. The van der Waals surface area contributed by atoms with E-state index < -0.39 is 5.91 Å². The molecule has 0 aliphatic heterocycles. The van der Waals surface area contributed by atoms with Gasteiger partial charge in [0.05, 0.1) is 12.6 Å². The van der Waals surface area contributed by atoms with Crippen LogP contribution in [0.25, 0.3) is 0 Å². The number of halogens is 1. The Morgan fingerprint density at radius 1 is 1.17 bits per heavy atom. The second-order valence-corrected chi connectivity index (χ2v) is 6.01. The summed E-state index contributed by atoms with van der Waals surface area (Å²) in [7, 11) is 0. The van der Waals surface area contributed by atoms with E-state index in [9.17, 15) is 9.59 Å². The number of nitrogens with one attached hydrogen (secondary N) is 2. The van der Waals surface area contributed by atoms with Crippen LogP contribution in [0.15, 0.2) is 45.5 Å². The van der Waals surface area contributed by atoms with Crippen molar-refractivity contribution in [3.63, 3.8) is 0 Å². The molecule has 0 aliphatic rings. The predicted molar refractivity (Wildman–Crippen MR) is 91.1 cm³/mol. The molecule has 122 valence electrons. The van der Waals surface area contributed by atoms with Crippen LogP contribution in [0.2, 0.25) is 0 Å². The van der Waals surface area contributed by atoms with Crippen LogP contribution in [0, 0.1) is 6.92 Å². The van der Waals surface area contributed by atoms with Crippen molar-refractivity contribution in [3.05, 3.63) is 58.0 Å². The Labute approximate surface area is 143 Å². The highest BCUT2D eigenvalue weighted by molar-refractivity contribution is 9.10. The fourth-order valence-electron chi connectivity index (χ4n) is 2.15. The summed E-state index contributed by atoms with van der Waals surface area (Å²) in [5.41, 5.74) is 2.22. The number of furan rings is 1. The summed E-state index contributed by atoms with van der Waals surface area (Å²) >= 11 is 3.13. The van der Waals surface area contributed by atoms with Crippen LogP contribution in [0.3, 0.4) is 0 Å². The van der Waals surface area contributed by atoms with Gasteiger partial charge in [0.2, 0.25) is 5.91 Å². The highest BCUT2D eigenvalue weighted by Gasteiger charge is 2.15. The van der Waals surface area contributed by atoms with E-state index in [0.29, 0.717) is 4.67 Å². The van der Waals surface area contributed by atoms with E-state index in [4.69, 9.17) is 4.42 Å². The Kier molecular flexibility index (Phi) is 5.98. The molecule has 2 aromatic rings. The number of aryl methyl sites for hydroxylation is 1. The first-order chi connectivity index (χ1) is 11.0. The van der Waals surface area contributed by atoms with Gasteiger partial charge in [-0.2, -0.15) is 0 Å². The lowest BCUT2D eigenvalue weighted by Gasteiger charge is -2.17. The zero-order chi connectivity index (χ0) is 16.8. The fraction of sp³-hybridized carbons (Fsp3) is 0.294. The van der Waals surface area contributed by atoms with E-state index >= 15 is 0 Å². The third-order valence-corrected chi connectivity index (χ3v) is 3.86. The molecule has 0 radical (unpaired) electrons. The second kappa shape index (κ2) is 7.97. The molecule has 1 unspecified atom stereocenters. The minimum absolute atomic E-state index is 0.0715. The zero-order valence-electron chi connectivity index (χ0n) is 13.1. The molecule has 2 N–H and O–H groups in total. The van der Waals surface area contributed by atoms with Crippen LogP contribution in [0.4, 0.5) is 0 Å². The first kappa shape index (κ1) is 17.3. The molecule has 0 saturated carbocycles. The summed E-state index contributed by atoms with van der Waals surface area (Å²) in [5, 5.41) is 5.46. The maximum Gasteiger partial charge on any atom is 0.287 e. The SMILES string of the molecule is CCC(NC(=O)CNC(=O)c1ccc(Br)o1)c1ccc(C)cc1. The zero-order valence-corrected chi connectivity index (χ0v) is 14.6. The number of carbonyl (C=O) groups excluding carboxylic acids is 2. The molecule has 1 atom stereocenters. The minimum Gasteiger partial charge on any atom is -0.444 e. The molecule has 5 nitrogen and oxygen atoms in total. The van der Waals surface area contributed by atoms with E-state index in [1.54, 1.807) is 12.1 Å². The molecule has 23 heavy (non-hydrogen) atoms. The maximum atomic E-state index is 12.0. The lowest BCUT2D eigenvalue weighted by atomic mass is 10.0. The van der Waals surface area contributed by atoms with Gasteiger partial charge in [-0.05, 0) is 47.0 Å². The molecule has 0 fully saturated rings. The van der Waals surface area contributed by atoms with Gasteiger partial charge in [0.15, 0.2) is 10.4 Å². The van der Waals surface area contributed by atoms with Crippen molar-refractivity contribution >= 4 is 27.7 Å². The molecule has 1 heterocycles. The highest BCUT2D eigenvalue weighted by Crippen LogP contribution is 2.17. The van der Waals surface area contributed by atoms with Crippen LogP contribution in [0.5, 0.6) is 0 Å². The molecule has 0 bridgehead atoms. The molecule has 1 aromatic heterocycles. The largest absolute Gasteiger partial charge is 0.444 e. The minimum atomic E-state index is -0.422. The van der Waals surface area contributed by atoms with Crippen molar-refractivity contribution in [1.82, 2.24) is 10.6 Å². The fourth-order valence-corrected chi connectivity index (χ4v) is 2.46. The predicted octanol–water partition coefficient (Wildman–Crippen LogP) is 3.35. The van der Waals surface area contributed by atoms with Crippen LogP contribution in [-0.2, 0) is 4.79 Å². The van der Waals surface area contributed by atoms with Crippen molar-refractivity contribution in [2.24, 2.45) is 0 Å². The van der Waals surface area contributed by atoms with Gasteiger partial charge in [-0.25, -0.2) is 0 Å². The van der Waals surface area contributed by atoms with E-state index in [-0.39, 0.29) is 24.3 Å². The van der Waals surface area contributed by atoms with E-state index in [0.717, 1.165) is 12.0 Å². The summed E-state index contributed by atoms with van der Waals surface area (Å²) in [6.07, 6.45) is 0.772. The number of amides is 2. The Bertz CT molecular complexity index is 679. The number of hydrogen-bond donors (Lipinski definition) is 2. The Hall–Kier alpha value is -2.08. The topological polar surface area (TPSA) is 71.3 Å². The van der Waals surface area contributed by atoms with Crippen LogP contribution >= 0.6 is 15.9 Å². The van der Waals surface area contributed by atoms with Crippen LogP contribution in [-0.4, -0.2) is 18.4 Å². The molecular formula is C17H19BrN2O3. The quantitative estimate of drug-likeness (QED) is 0.809. The molecule has 6 heteroatoms. The van der Waals surface area contributed by atoms with Gasteiger partial charge in [-0.3, -0.25) is 9.59 Å². The number of rotatable bonds is 6. The smallest absolute Gasteiger partial charge is 0.287 e. The van der Waals surface area contributed by atoms with E-state index in [1.165, 1.54) is 5.56 Å². The summed E-state index contributed by atoms with van der Waals surface area (Å²) in [6, 6.07) is 11.1. The van der Waals surface area contributed by atoms with Crippen molar-refractivity contribution in [2.45, 2.75) is 26.3 Å². The molecular weight excluding hydrogens is 360 g/mol. The van der Waals surface area contributed by atoms with Crippen molar-refractivity contribution < 1.29 is 14.0 Å². The van der Waals surface area contributed by atoms with Crippen molar-refractivity contribution in [1.29, 1.82) is 0 Å². The summed E-state index contributed by atoms with van der Waals surface area (Å²) in [6.45, 7) is 3.93. The van der Waals surface area contributed by atoms with Gasteiger partial charge >= 0.3 is 0 Å².